The monoisotopic (exact) mass is 398 g/mol. The van der Waals surface area contributed by atoms with E-state index in [0.29, 0.717) is 0 Å². The molecule has 1 aromatic heterocycles. The fraction of sp³-hybridized carbons (Fsp3) is 0.167. The summed E-state index contributed by atoms with van der Waals surface area (Å²) in [4.78, 5) is 0. The van der Waals surface area contributed by atoms with Gasteiger partial charge >= 0.3 is 0 Å². The highest BCUT2D eigenvalue weighted by molar-refractivity contribution is 7.94. The molecule has 6 nitrogen and oxygen atoms in total. The van der Waals surface area contributed by atoms with Gasteiger partial charge in [0.25, 0.3) is 10.0 Å². The fourth-order valence-corrected chi connectivity index (χ4v) is 4.74. The summed E-state index contributed by atoms with van der Waals surface area (Å²) in [6.45, 7) is 0. The van der Waals surface area contributed by atoms with Crippen LogP contribution in [0.25, 0.3) is 0 Å². The van der Waals surface area contributed by atoms with Crippen LogP contribution in [0.1, 0.15) is 0 Å². The zero-order chi connectivity index (χ0) is 17.4. The van der Waals surface area contributed by atoms with Crippen LogP contribution in [0, 0.1) is 5.82 Å². The van der Waals surface area contributed by atoms with Crippen molar-refractivity contribution in [3.05, 3.63) is 40.5 Å². The van der Waals surface area contributed by atoms with E-state index in [4.69, 9.17) is 11.6 Å². The molecule has 1 heterocycles. The van der Waals surface area contributed by atoms with E-state index in [1.165, 1.54) is 25.2 Å². The minimum atomic E-state index is -4.01. The van der Waals surface area contributed by atoms with Gasteiger partial charge in [-0.2, -0.15) is 0 Å². The number of rotatable bonds is 5. The van der Waals surface area contributed by atoms with Crippen LogP contribution in [0.3, 0.4) is 0 Å². The summed E-state index contributed by atoms with van der Waals surface area (Å²) in [6.07, 6.45) is 0.952. The zero-order valence-corrected chi connectivity index (χ0v) is 15.2. The van der Waals surface area contributed by atoms with E-state index in [2.05, 4.69) is 4.72 Å². The minimum Gasteiger partial charge on any atom is -0.277 e. The third-order valence-corrected chi connectivity index (χ3v) is 7.13. The van der Waals surface area contributed by atoms with Crippen molar-refractivity contribution in [1.29, 1.82) is 0 Å². The molecule has 23 heavy (non-hydrogen) atoms. The van der Waals surface area contributed by atoms with E-state index >= 15 is 0 Å². The molecule has 0 amide bonds. The third kappa shape index (κ3) is 4.14. The summed E-state index contributed by atoms with van der Waals surface area (Å²) in [5.74, 6) is -0.711. The highest BCUT2D eigenvalue weighted by atomic mass is 35.5. The maximum absolute atomic E-state index is 13.5. The van der Waals surface area contributed by atoms with Crippen LogP contribution in [-0.4, -0.2) is 30.1 Å². The van der Waals surface area contributed by atoms with Gasteiger partial charge in [0.05, 0.1) is 22.0 Å². The molecule has 1 N–H and O–H groups in total. The van der Waals surface area contributed by atoms with Crippen molar-refractivity contribution in [3.8, 4) is 0 Å². The van der Waals surface area contributed by atoms with Gasteiger partial charge in [0.1, 0.15) is 10.0 Å². The molecule has 0 radical (unpaired) electrons. The normalized spacial score (nSPS) is 12.2. The highest BCUT2D eigenvalue weighted by Crippen LogP contribution is 2.32. The van der Waals surface area contributed by atoms with Crippen molar-refractivity contribution < 1.29 is 21.2 Å². The average molecular weight is 399 g/mol. The van der Waals surface area contributed by atoms with Crippen LogP contribution in [0.2, 0.25) is 4.34 Å². The van der Waals surface area contributed by atoms with E-state index in [9.17, 15) is 21.2 Å². The van der Waals surface area contributed by atoms with Gasteiger partial charge < -0.3 is 0 Å². The molecule has 2 rings (SSSR count). The number of anilines is 2. The van der Waals surface area contributed by atoms with Gasteiger partial charge in [-0.05, 0) is 24.3 Å². The zero-order valence-electron chi connectivity index (χ0n) is 11.9. The fourth-order valence-electron chi connectivity index (χ4n) is 1.68. The Morgan fingerprint density at radius 3 is 2.35 bits per heavy atom. The van der Waals surface area contributed by atoms with E-state index in [-0.39, 0.29) is 19.9 Å². The molecule has 0 saturated carbocycles. The van der Waals surface area contributed by atoms with E-state index in [1.54, 1.807) is 0 Å². The first-order valence-electron chi connectivity index (χ1n) is 6.02. The lowest BCUT2D eigenvalue weighted by Crippen LogP contribution is -2.26. The van der Waals surface area contributed by atoms with Gasteiger partial charge in [-0.1, -0.05) is 11.6 Å². The number of hydrogen-bond acceptors (Lipinski definition) is 5. The van der Waals surface area contributed by atoms with Crippen LogP contribution in [0.5, 0.6) is 0 Å². The van der Waals surface area contributed by atoms with Crippen LogP contribution >= 0.6 is 22.9 Å². The van der Waals surface area contributed by atoms with Crippen molar-refractivity contribution in [2.75, 3.05) is 22.3 Å². The maximum atomic E-state index is 13.5. The number of thiophene rings is 1. The molecular formula is C12H12ClFN2O4S3. The van der Waals surface area contributed by atoms with Gasteiger partial charge in [-0.25, -0.2) is 21.2 Å². The molecular weight excluding hydrogens is 387 g/mol. The molecule has 0 bridgehead atoms. The Kier molecular flexibility index (Phi) is 4.90. The highest BCUT2D eigenvalue weighted by Gasteiger charge is 2.22. The predicted molar refractivity (Wildman–Crippen MR) is 89.8 cm³/mol. The minimum absolute atomic E-state index is 0.000119. The molecule has 0 aliphatic heterocycles. The standard InChI is InChI=1S/C12H12ClFN2O4S3/c1-16(22(2,17)18)10-4-3-8(14)7-9(10)15-23(19,20)12-6-5-11(13)21-12/h3-7,15H,1-2H3. The van der Waals surface area contributed by atoms with Crippen molar-refractivity contribution in [3.63, 3.8) is 0 Å². The van der Waals surface area contributed by atoms with Crippen LogP contribution in [0.4, 0.5) is 15.8 Å². The molecule has 126 valence electrons. The number of nitrogens with one attached hydrogen (secondary N) is 1. The molecule has 2 aromatic rings. The Morgan fingerprint density at radius 2 is 1.83 bits per heavy atom. The summed E-state index contributed by atoms with van der Waals surface area (Å²) in [5.41, 5.74) is -0.192. The second kappa shape index (κ2) is 6.27. The molecule has 11 heteroatoms. The lowest BCUT2D eigenvalue weighted by atomic mass is 10.2. The summed E-state index contributed by atoms with van der Waals surface area (Å²) >= 11 is 6.54. The SMILES string of the molecule is CN(c1ccc(F)cc1NS(=O)(=O)c1ccc(Cl)s1)S(C)(=O)=O. The molecule has 1 aromatic carbocycles. The van der Waals surface area contributed by atoms with E-state index in [1.807, 2.05) is 0 Å². The number of benzene rings is 1. The summed E-state index contributed by atoms with van der Waals surface area (Å²) in [6, 6.07) is 5.83. The van der Waals surface area contributed by atoms with Crippen molar-refractivity contribution in [2.45, 2.75) is 4.21 Å². The van der Waals surface area contributed by atoms with Gasteiger partial charge in [0.2, 0.25) is 10.0 Å². The summed E-state index contributed by atoms with van der Waals surface area (Å²) in [5, 5.41) is 0. The number of hydrogen-bond donors (Lipinski definition) is 1. The van der Waals surface area contributed by atoms with Gasteiger partial charge in [0, 0.05) is 13.1 Å². The van der Waals surface area contributed by atoms with Gasteiger partial charge in [-0.3, -0.25) is 9.03 Å². The average Bonchev–Trinajstić information content (AvgIpc) is 2.84. The lowest BCUT2D eigenvalue weighted by Gasteiger charge is -2.20. The van der Waals surface area contributed by atoms with Gasteiger partial charge in [0.15, 0.2) is 0 Å². The molecule has 0 fully saturated rings. The number of sulfonamides is 2. The van der Waals surface area contributed by atoms with Crippen LogP contribution < -0.4 is 9.03 Å². The first-order chi connectivity index (χ1) is 10.5. The maximum Gasteiger partial charge on any atom is 0.271 e. The first kappa shape index (κ1) is 18.0. The Balaban J connectivity index is 2.49. The topological polar surface area (TPSA) is 83.6 Å². The van der Waals surface area contributed by atoms with E-state index in [0.717, 1.165) is 34.0 Å². The molecule has 0 spiro atoms. The number of halogens is 2. The summed E-state index contributed by atoms with van der Waals surface area (Å²) in [7, 11) is -6.43. The van der Waals surface area contributed by atoms with Crippen molar-refractivity contribution >= 4 is 54.4 Å². The molecule has 0 aliphatic rings. The quantitative estimate of drug-likeness (QED) is 0.839. The molecule has 0 unspecified atom stereocenters. The smallest absolute Gasteiger partial charge is 0.271 e. The molecule has 0 atom stereocenters. The largest absolute Gasteiger partial charge is 0.277 e. The molecule has 0 aliphatic carbocycles. The van der Waals surface area contributed by atoms with Crippen molar-refractivity contribution in [2.24, 2.45) is 0 Å². The Labute approximate surface area is 142 Å². The van der Waals surface area contributed by atoms with Crippen LogP contribution in [-0.2, 0) is 20.0 Å². The second-order valence-corrected chi connectivity index (χ2v) is 10.2. The predicted octanol–water partition coefficient (Wildman–Crippen LogP) is 2.74. The first-order valence-corrected chi connectivity index (χ1v) is 10.5. The Bertz CT molecular complexity index is 941. The second-order valence-electron chi connectivity index (χ2n) is 4.56. The third-order valence-electron chi connectivity index (χ3n) is 2.85. The number of nitrogens with zero attached hydrogens (tertiary/aromatic N) is 1. The Morgan fingerprint density at radius 1 is 1.17 bits per heavy atom. The Hall–Kier alpha value is -1.36. The van der Waals surface area contributed by atoms with Gasteiger partial charge in [-0.15, -0.1) is 11.3 Å². The molecule has 0 saturated heterocycles. The van der Waals surface area contributed by atoms with Crippen LogP contribution in [0.15, 0.2) is 34.5 Å². The lowest BCUT2D eigenvalue weighted by molar-refractivity contribution is 0.598. The summed E-state index contributed by atoms with van der Waals surface area (Å²) < 4.78 is 64.6. The van der Waals surface area contributed by atoms with Crippen molar-refractivity contribution in [1.82, 2.24) is 0 Å². The van der Waals surface area contributed by atoms with E-state index < -0.39 is 25.9 Å².